The molecule has 1 aromatic heterocycles. The highest BCUT2D eigenvalue weighted by molar-refractivity contribution is 6.02. The zero-order valence-corrected chi connectivity index (χ0v) is 10.6. The standard InChI is InChI=1S/C13H15N5O/c1-2-11-10(12(19)17-13(14)15)8-16-18(11)9-6-4-3-5-7-9/h3-8H,2H2,1H3,(H4,14,15,17,19). The highest BCUT2D eigenvalue weighted by Crippen LogP contribution is 2.16. The zero-order valence-electron chi connectivity index (χ0n) is 10.6. The number of amides is 1. The van der Waals surface area contributed by atoms with Crippen LogP contribution in [0, 0.1) is 0 Å². The molecule has 1 aromatic carbocycles. The number of hydrogen-bond donors (Lipinski definition) is 2. The largest absolute Gasteiger partial charge is 0.370 e. The lowest BCUT2D eigenvalue weighted by molar-refractivity contribution is 0.100. The molecule has 2 rings (SSSR count). The molecule has 0 radical (unpaired) electrons. The molecule has 98 valence electrons. The Hall–Kier alpha value is -2.63. The maximum atomic E-state index is 11.9. The van der Waals surface area contributed by atoms with E-state index >= 15 is 0 Å². The molecule has 4 N–H and O–H groups in total. The summed E-state index contributed by atoms with van der Waals surface area (Å²) >= 11 is 0. The van der Waals surface area contributed by atoms with E-state index in [0.717, 1.165) is 11.4 Å². The molecule has 0 unspecified atom stereocenters. The minimum Gasteiger partial charge on any atom is -0.370 e. The first kappa shape index (κ1) is 12.8. The second-order valence-electron chi connectivity index (χ2n) is 3.95. The lowest BCUT2D eigenvalue weighted by Crippen LogP contribution is -2.24. The molecule has 6 nitrogen and oxygen atoms in total. The lowest BCUT2D eigenvalue weighted by atomic mass is 10.2. The number of aliphatic imine (C=N–C) groups is 1. The number of nitrogens with zero attached hydrogens (tertiary/aromatic N) is 3. The summed E-state index contributed by atoms with van der Waals surface area (Å²) < 4.78 is 1.72. The molecular weight excluding hydrogens is 242 g/mol. The normalized spacial score (nSPS) is 10.2. The van der Waals surface area contributed by atoms with E-state index in [0.29, 0.717) is 12.0 Å². The summed E-state index contributed by atoms with van der Waals surface area (Å²) in [5.74, 6) is -0.724. The molecule has 0 atom stereocenters. The number of nitrogens with two attached hydrogens (primary N) is 2. The van der Waals surface area contributed by atoms with Gasteiger partial charge >= 0.3 is 0 Å². The number of guanidine groups is 1. The number of aromatic nitrogens is 2. The second-order valence-corrected chi connectivity index (χ2v) is 3.95. The first-order chi connectivity index (χ1) is 9.13. The predicted molar refractivity (Wildman–Crippen MR) is 73.1 cm³/mol. The van der Waals surface area contributed by atoms with Crippen LogP contribution in [0.25, 0.3) is 5.69 Å². The van der Waals surface area contributed by atoms with Gasteiger partial charge in [-0.3, -0.25) is 4.79 Å². The lowest BCUT2D eigenvalue weighted by Gasteiger charge is -2.06. The molecule has 19 heavy (non-hydrogen) atoms. The Kier molecular flexibility index (Phi) is 3.61. The highest BCUT2D eigenvalue weighted by atomic mass is 16.1. The van der Waals surface area contributed by atoms with Crippen LogP contribution in [0.4, 0.5) is 0 Å². The number of carbonyl (C=O) groups is 1. The fourth-order valence-corrected chi connectivity index (χ4v) is 1.86. The Labute approximate surface area is 110 Å². The van der Waals surface area contributed by atoms with Gasteiger partial charge in [-0.1, -0.05) is 25.1 Å². The Morgan fingerprint density at radius 2 is 2.00 bits per heavy atom. The molecule has 0 spiro atoms. The van der Waals surface area contributed by atoms with Gasteiger partial charge in [0, 0.05) is 0 Å². The van der Waals surface area contributed by atoms with Crippen molar-refractivity contribution in [3.63, 3.8) is 0 Å². The Balaban J connectivity index is 2.47. The number of carbonyl (C=O) groups excluding carboxylic acids is 1. The van der Waals surface area contributed by atoms with Gasteiger partial charge in [-0.05, 0) is 18.6 Å². The van der Waals surface area contributed by atoms with Crippen molar-refractivity contribution in [1.29, 1.82) is 0 Å². The summed E-state index contributed by atoms with van der Waals surface area (Å²) in [4.78, 5) is 15.4. The molecular formula is C13H15N5O. The van der Waals surface area contributed by atoms with Gasteiger partial charge in [0.15, 0.2) is 5.96 Å². The van der Waals surface area contributed by atoms with Crippen LogP contribution in [0.1, 0.15) is 23.0 Å². The van der Waals surface area contributed by atoms with Crippen LogP contribution >= 0.6 is 0 Å². The molecule has 0 aliphatic carbocycles. The van der Waals surface area contributed by atoms with Gasteiger partial charge in [-0.25, -0.2) is 4.68 Å². The predicted octanol–water partition coefficient (Wildman–Crippen LogP) is 0.848. The topological polar surface area (TPSA) is 99.3 Å². The molecule has 1 heterocycles. The molecule has 0 aliphatic heterocycles. The van der Waals surface area contributed by atoms with Gasteiger partial charge in [0.2, 0.25) is 0 Å². The van der Waals surface area contributed by atoms with Gasteiger partial charge in [-0.15, -0.1) is 0 Å². The van der Waals surface area contributed by atoms with E-state index in [1.807, 2.05) is 37.3 Å². The van der Waals surface area contributed by atoms with Crippen molar-refractivity contribution in [2.24, 2.45) is 16.5 Å². The Morgan fingerprint density at radius 1 is 1.32 bits per heavy atom. The first-order valence-corrected chi connectivity index (χ1v) is 5.89. The van der Waals surface area contributed by atoms with Crippen LogP contribution in [0.15, 0.2) is 41.5 Å². The summed E-state index contributed by atoms with van der Waals surface area (Å²) in [7, 11) is 0. The maximum Gasteiger partial charge on any atom is 0.283 e. The molecule has 0 bridgehead atoms. The van der Waals surface area contributed by atoms with Crippen molar-refractivity contribution >= 4 is 11.9 Å². The molecule has 0 saturated heterocycles. The van der Waals surface area contributed by atoms with Gasteiger partial charge < -0.3 is 11.5 Å². The Morgan fingerprint density at radius 3 is 2.58 bits per heavy atom. The smallest absolute Gasteiger partial charge is 0.283 e. The van der Waals surface area contributed by atoms with E-state index in [2.05, 4.69) is 10.1 Å². The molecule has 0 aliphatic rings. The number of para-hydroxylation sites is 1. The van der Waals surface area contributed by atoms with E-state index in [4.69, 9.17) is 11.5 Å². The third-order valence-corrected chi connectivity index (χ3v) is 2.67. The molecule has 0 saturated carbocycles. The van der Waals surface area contributed by atoms with Gasteiger partial charge in [0.1, 0.15) is 0 Å². The molecule has 0 fully saturated rings. The summed E-state index contributed by atoms with van der Waals surface area (Å²) in [5, 5.41) is 4.23. The number of benzene rings is 1. The quantitative estimate of drug-likeness (QED) is 0.629. The van der Waals surface area contributed by atoms with Gasteiger partial charge in [-0.2, -0.15) is 10.1 Å². The molecule has 1 amide bonds. The monoisotopic (exact) mass is 257 g/mol. The van der Waals surface area contributed by atoms with Crippen LogP contribution in [0.2, 0.25) is 0 Å². The highest BCUT2D eigenvalue weighted by Gasteiger charge is 2.16. The fourth-order valence-electron chi connectivity index (χ4n) is 1.86. The van der Waals surface area contributed by atoms with Gasteiger partial charge in [0.05, 0.1) is 23.1 Å². The zero-order chi connectivity index (χ0) is 13.8. The fraction of sp³-hybridized carbons (Fsp3) is 0.154. The van der Waals surface area contributed by atoms with Crippen molar-refractivity contribution in [1.82, 2.24) is 9.78 Å². The molecule has 2 aromatic rings. The van der Waals surface area contributed by atoms with Crippen molar-refractivity contribution in [3.8, 4) is 5.69 Å². The summed E-state index contributed by atoms with van der Waals surface area (Å²) in [6.45, 7) is 1.95. The Bertz CT molecular complexity index is 611. The number of hydrogen-bond acceptors (Lipinski definition) is 2. The van der Waals surface area contributed by atoms with Gasteiger partial charge in [0.25, 0.3) is 5.91 Å². The van der Waals surface area contributed by atoms with Crippen LogP contribution in [-0.2, 0) is 6.42 Å². The summed E-state index contributed by atoms with van der Waals surface area (Å²) in [5.41, 5.74) is 12.5. The van der Waals surface area contributed by atoms with Crippen LogP contribution in [-0.4, -0.2) is 21.6 Å². The SMILES string of the molecule is CCc1c(C(=O)N=C(N)N)cnn1-c1ccccc1. The minimum absolute atomic E-state index is 0.250. The maximum absolute atomic E-state index is 11.9. The third-order valence-electron chi connectivity index (χ3n) is 2.67. The van der Waals surface area contributed by atoms with Crippen LogP contribution < -0.4 is 11.5 Å². The van der Waals surface area contributed by atoms with Crippen LogP contribution in [0.3, 0.4) is 0 Å². The average molecular weight is 257 g/mol. The minimum atomic E-state index is -0.473. The average Bonchev–Trinajstić information content (AvgIpc) is 2.82. The van der Waals surface area contributed by atoms with Crippen molar-refractivity contribution in [3.05, 3.63) is 47.8 Å². The van der Waals surface area contributed by atoms with E-state index in [1.54, 1.807) is 4.68 Å². The second kappa shape index (κ2) is 5.34. The van der Waals surface area contributed by atoms with E-state index in [1.165, 1.54) is 6.20 Å². The van der Waals surface area contributed by atoms with Crippen molar-refractivity contribution < 1.29 is 4.79 Å². The van der Waals surface area contributed by atoms with Crippen LogP contribution in [0.5, 0.6) is 0 Å². The summed E-state index contributed by atoms with van der Waals surface area (Å²) in [6, 6.07) is 9.58. The number of rotatable bonds is 3. The van der Waals surface area contributed by atoms with E-state index < -0.39 is 5.91 Å². The van der Waals surface area contributed by atoms with Crippen molar-refractivity contribution in [2.45, 2.75) is 13.3 Å². The van der Waals surface area contributed by atoms with Crippen molar-refractivity contribution in [2.75, 3.05) is 0 Å². The van der Waals surface area contributed by atoms with E-state index in [9.17, 15) is 4.79 Å². The molecule has 6 heteroatoms. The summed E-state index contributed by atoms with van der Waals surface area (Å²) in [6.07, 6.45) is 2.14. The third kappa shape index (κ3) is 2.62. The van der Waals surface area contributed by atoms with E-state index in [-0.39, 0.29) is 5.96 Å². The first-order valence-electron chi connectivity index (χ1n) is 5.89.